The third-order valence-electron chi connectivity index (χ3n) is 5.03. The van der Waals surface area contributed by atoms with Crippen molar-refractivity contribution in [2.45, 2.75) is 11.7 Å². The van der Waals surface area contributed by atoms with Gasteiger partial charge >= 0.3 is 0 Å². The number of thioether (sulfide) groups is 1. The maximum absolute atomic E-state index is 13.2. The number of methoxy groups -OCH3 is 3. The number of nitrogens with zero attached hydrogens (tertiary/aromatic N) is 2. The number of fused-ring (bicyclic) bond motifs is 1. The molecule has 2 aromatic carbocycles. The summed E-state index contributed by atoms with van der Waals surface area (Å²) < 4.78 is 17.9. The lowest BCUT2D eigenvalue weighted by molar-refractivity contribution is -0.113. The second-order valence-electron chi connectivity index (χ2n) is 7.18. The van der Waals surface area contributed by atoms with Crippen LogP contribution in [-0.4, -0.2) is 42.5 Å². The van der Waals surface area contributed by atoms with E-state index in [-0.39, 0.29) is 17.2 Å². The van der Waals surface area contributed by atoms with Crippen LogP contribution >= 0.6 is 23.1 Å². The molecule has 1 N–H and O–H groups in total. The zero-order valence-corrected chi connectivity index (χ0v) is 20.5. The van der Waals surface area contributed by atoms with Gasteiger partial charge in [-0.15, -0.1) is 11.3 Å². The van der Waals surface area contributed by atoms with E-state index in [0.29, 0.717) is 39.1 Å². The highest BCUT2D eigenvalue weighted by molar-refractivity contribution is 7.99. The Labute approximate surface area is 204 Å². The molecule has 0 bridgehead atoms. The van der Waals surface area contributed by atoms with Crippen LogP contribution < -0.4 is 25.1 Å². The number of nitrogens with one attached hydrogen (secondary N) is 1. The molecule has 0 fully saturated rings. The summed E-state index contributed by atoms with van der Waals surface area (Å²) in [5.74, 6) is 1.69. The molecule has 0 unspecified atom stereocenters. The highest BCUT2D eigenvalue weighted by Gasteiger charge is 2.15. The van der Waals surface area contributed by atoms with Crippen molar-refractivity contribution in [3.63, 3.8) is 0 Å². The first-order valence-corrected chi connectivity index (χ1v) is 12.1. The molecule has 1 amide bonds. The van der Waals surface area contributed by atoms with E-state index < -0.39 is 0 Å². The summed E-state index contributed by atoms with van der Waals surface area (Å²) in [5.41, 5.74) is 2.01. The average molecular weight is 498 g/mol. The topological polar surface area (TPSA) is 91.7 Å². The van der Waals surface area contributed by atoms with Crippen LogP contribution in [0.15, 0.2) is 63.9 Å². The van der Waals surface area contributed by atoms with Crippen molar-refractivity contribution in [3.05, 3.63) is 69.8 Å². The lowest BCUT2D eigenvalue weighted by Crippen LogP contribution is -2.24. The summed E-state index contributed by atoms with van der Waals surface area (Å²) in [7, 11) is 4.69. The first kappa shape index (κ1) is 23.7. The van der Waals surface area contributed by atoms with Crippen LogP contribution in [0.3, 0.4) is 0 Å². The van der Waals surface area contributed by atoms with Crippen LogP contribution in [0.5, 0.6) is 17.2 Å². The fourth-order valence-corrected chi connectivity index (χ4v) is 4.90. The third-order valence-corrected chi connectivity index (χ3v) is 6.90. The Balaban J connectivity index is 1.54. The number of aromatic nitrogens is 2. The number of hydrogen-bond donors (Lipinski definition) is 1. The van der Waals surface area contributed by atoms with Gasteiger partial charge in [0.2, 0.25) is 5.91 Å². The molecule has 2 heterocycles. The molecule has 0 saturated carbocycles. The zero-order valence-electron chi connectivity index (χ0n) is 18.9. The summed E-state index contributed by atoms with van der Waals surface area (Å²) in [5, 5.41) is 5.17. The standard InChI is InChI=1S/C24H23N3O5S2/c1-30-17-7-4-15(5-8-17)13-27-23(29)22-18(10-11-33-22)26-24(27)34-14-21(28)25-16-6-9-19(31-2)20(12-16)32-3/h4-12H,13-14H2,1-3H3,(H,25,28). The minimum absolute atomic E-state index is 0.0824. The molecule has 10 heteroatoms. The lowest BCUT2D eigenvalue weighted by atomic mass is 10.2. The van der Waals surface area contributed by atoms with Gasteiger partial charge in [0.25, 0.3) is 5.56 Å². The van der Waals surface area contributed by atoms with E-state index >= 15 is 0 Å². The number of ether oxygens (including phenoxy) is 3. The molecular formula is C24H23N3O5S2. The van der Waals surface area contributed by atoms with Gasteiger partial charge in [0.15, 0.2) is 16.7 Å². The molecule has 2 aromatic heterocycles. The SMILES string of the molecule is COc1ccc(Cn2c(SCC(=O)Nc3ccc(OC)c(OC)c3)nc3ccsc3c2=O)cc1. The van der Waals surface area contributed by atoms with Gasteiger partial charge in [-0.1, -0.05) is 23.9 Å². The zero-order chi connectivity index (χ0) is 24.1. The van der Waals surface area contributed by atoms with E-state index in [1.54, 1.807) is 37.0 Å². The van der Waals surface area contributed by atoms with Crippen LogP contribution in [-0.2, 0) is 11.3 Å². The third kappa shape index (κ3) is 5.18. The molecule has 0 aliphatic rings. The summed E-state index contributed by atoms with van der Waals surface area (Å²) in [4.78, 5) is 30.5. The van der Waals surface area contributed by atoms with Gasteiger partial charge in [0, 0.05) is 11.8 Å². The van der Waals surface area contributed by atoms with Crippen molar-refractivity contribution in [3.8, 4) is 17.2 Å². The number of amides is 1. The molecule has 0 aliphatic carbocycles. The predicted octanol–water partition coefficient (Wildman–Crippen LogP) is 4.26. The number of rotatable bonds is 9. The molecule has 0 aliphatic heterocycles. The normalized spacial score (nSPS) is 10.8. The van der Waals surface area contributed by atoms with E-state index in [2.05, 4.69) is 10.3 Å². The van der Waals surface area contributed by atoms with Crippen LogP contribution in [0.2, 0.25) is 0 Å². The Morgan fingerprint density at radius 1 is 1.03 bits per heavy atom. The molecule has 0 atom stereocenters. The number of carbonyl (C=O) groups excluding carboxylic acids is 1. The molecule has 0 radical (unpaired) electrons. The Morgan fingerprint density at radius 3 is 2.50 bits per heavy atom. The number of anilines is 1. The van der Waals surface area contributed by atoms with Crippen molar-refractivity contribution in [1.82, 2.24) is 9.55 Å². The van der Waals surface area contributed by atoms with Gasteiger partial charge in [-0.3, -0.25) is 14.2 Å². The van der Waals surface area contributed by atoms with Gasteiger partial charge in [0.05, 0.1) is 39.1 Å². The first-order chi connectivity index (χ1) is 16.5. The fraction of sp³-hybridized carbons (Fsp3) is 0.208. The molecule has 4 rings (SSSR count). The summed E-state index contributed by atoms with van der Waals surface area (Å²) in [6.07, 6.45) is 0. The maximum Gasteiger partial charge on any atom is 0.272 e. The Morgan fingerprint density at radius 2 is 1.79 bits per heavy atom. The largest absolute Gasteiger partial charge is 0.497 e. The molecular weight excluding hydrogens is 474 g/mol. The van der Waals surface area contributed by atoms with Crippen LogP contribution in [0, 0.1) is 0 Å². The second-order valence-corrected chi connectivity index (χ2v) is 9.03. The van der Waals surface area contributed by atoms with Crippen LogP contribution in [0.25, 0.3) is 10.2 Å². The van der Waals surface area contributed by atoms with Crippen molar-refractivity contribution < 1.29 is 19.0 Å². The Bertz CT molecular complexity index is 1370. The van der Waals surface area contributed by atoms with Crippen LogP contribution in [0.4, 0.5) is 5.69 Å². The van der Waals surface area contributed by atoms with Gasteiger partial charge in [0.1, 0.15) is 10.4 Å². The van der Waals surface area contributed by atoms with Crippen molar-refractivity contribution in [2.75, 3.05) is 32.4 Å². The fourth-order valence-electron chi connectivity index (χ4n) is 3.33. The Kier molecular flexibility index (Phi) is 7.39. The second kappa shape index (κ2) is 10.6. The molecule has 34 heavy (non-hydrogen) atoms. The highest BCUT2D eigenvalue weighted by atomic mass is 32.2. The Hall–Kier alpha value is -3.50. The smallest absolute Gasteiger partial charge is 0.272 e. The minimum Gasteiger partial charge on any atom is -0.497 e. The van der Waals surface area contributed by atoms with Crippen molar-refractivity contribution >= 4 is 44.9 Å². The molecule has 0 spiro atoms. The number of thiophene rings is 1. The molecule has 0 saturated heterocycles. The van der Waals surface area contributed by atoms with Gasteiger partial charge < -0.3 is 19.5 Å². The van der Waals surface area contributed by atoms with E-state index in [9.17, 15) is 9.59 Å². The maximum atomic E-state index is 13.2. The lowest BCUT2D eigenvalue weighted by Gasteiger charge is -2.13. The number of carbonyl (C=O) groups is 1. The first-order valence-electron chi connectivity index (χ1n) is 10.3. The number of benzene rings is 2. The van der Waals surface area contributed by atoms with Crippen LogP contribution in [0.1, 0.15) is 5.56 Å². The number of hydrogen-bond acceptors (Lipinski definition) is 8. The summed E-state index contributed by atoms with van der Waals surface area (Å²) in [6.45, 7) is 0.337. The molecule has 4 aromatic rings. The van der Waals surface area contributed by atoms with Gasteiger partial charge in [-0.25, -0.2) is 4.98 Å². The van der Waals surface area contributed by atoms with Gasteiger partial charge in [-0.05, 0) is 41.3 Å². The van der Waals surface area contributed by atoms with Crippen molar-refractivity contribution in [2.24, 2.45) is 0 Å². The monoisotopic (exact) mass is 497 g/mol. The van der Waals surface area contributed by atoms with E-state index in [1.807, 2.05) is 35.7 Å². The van der Waals surface area contributed by atoms with E-state index in [4.69, 9.17) is 14.2 Å². The highest BCUT2D eigenvalue weighted by Crippen LogP contribution is 2.30. The summed E-state index contributed by atoms with van der Waals surface area (Å²) >= 11 is 2.57. The summed E-state index contributed by atoms with van der Waals surface area (Å²) in [6, 6.07) is 14.5. The van der Waals surface area contributed by atoms with E-state index in [1.165, 1.54) is 30.2 Å². The quantitative estimate of drug-likeness (QED) is 0.273. The van der Waals surface area contributed by atoms with Gasteiger partial charge in [-0.2, -0.15) is 0 Å². The van der Waals surface area contributed by atoms with Crippen molar-refractivity contribution in [1.29, 1.82) is 0 Å². The molecule has 176 valence electrons. The van der Waals surface area contributed by atoms with E-state index in [0.717, 1.165) is 11.3 Å². The average Bonchev–Trinajstić information content (AvgIpc) is 3.34. The molecule has 8 nitrogen and oxygen atoms in total. The predicted molar refractivity (Wildman–Crippen MR) is 135 cm³/mol. The minimum atomic E-state index is -0.229.